The van der Waals surface area contributed by atoms with Gasteiger partial charge in [0.1, 0.15) is 5.82 Å². The summed E-state index contributed by atoms with van der Waals surface area (Å²) in [6.07, 6.45) is 1.69. The number of aryl methyl sites for hydroxylation is 1. The first-order valence-electron chi connectivity index (χ1n) is 5.21. The summed E-state index contributed by atoms with van der Waals surface area (Å²) in [5.74, 6) is 0.976. The minimum Gasteiger partial charge on any atom is -0.349 e. The predicted octanol–water partition coefficient (Wildman–Crippen LogP) is 1.82. The van der Waals surface area contributed by atoms with Crippen molar-refractivity contribution < 1.29 is 4.79 Å². The van der Waals surface area contributed by atoms with E-state index in [2.05, 4.69) is 31.2 Å². The highest BCUT2D eigenvalue weighted by Crippen LogP contribution is 2.11. The Balaban J connectivity index is 2.49. The minimum absolute atomic E-state index is 0.00809. The van der Waals surface area contributed by atoms with Crippen LogP contribution in [0.4, 0.5) is 0 Å². The molecule has 1 amide bonds. The molecule has 0 saturated carbocycles. The summed E-state index contributed by atoms with van der Waals surface area (Å²) in [6.45, 7) is 6.26. The Labute approximate surface area is 104 Å². The second-order valence-corrected chi connectivity index (χ2v) is 4.95. The zero-order valence-corrected chi connectivity index (χ0v) is 11.3. The molecule has 0 aromatic carbocycles. The standard InChI is InChI=1S/C11H16BrN3O/c1-7(2)10(12)11(16)14-6-9-4-5-13-8(3)15-9/h4-5,7,10H,6H2,1-3H3,(H,14,16). The average molecular weight is 286 g/mol. The van der Waals surface area contributed by atoms with Crippen molar-refractivity contribution in [3.05, 3.63) is 23.8 Å². The Morgan fingerprint density at radius 1 is 1.56 bits per heavy atom. The van der Waals surface area contributed by atoms with E-state index in [1.54, 1.807) is 12.3 Å². The molecule has 88 valence electrons. The summed E-state index contributed by atoms with van der Waals surface area (Å²) in [4.78, 5) is 19.7. The molecule has 0 bridgehead atoms. The summed E-state index contributed by atoms with van der Waals surface area (Å²) >= 11 is 3.35. The van der Waals surface area contributed by atoms with Gasteiger partial charge in [-0.15, -0.1) is 0 Å². The molecule has 0 spiro atoms. The Kier molecular flexibility index (Phi) is 4.86. The molecule has 0 fully saturated rings. The van der Waals surface area contributed by atoms with Gasteiger partial charge in [-0.05, 0) is 18.9 Å². The molecular weight excluding hydrogens is 270 g/mol. The topological polar surface area (TPSA) is 54.9 Å². The predicted molar refractivity (Wildman–Crippen MR) is 66.2 cm³/mol. The molecule has 1 aromatic heterocycles. The van der Waals surface area contributed by atoms with Crippen molar-refractivity contribution in [2.24, 2.45) is 5.92 Å². The number of aromatic nitrogens is 2. The van der Waals surface area contributed by atoms with Crippen LogP contribution in [-0.2, 0) is 11.3 Å². The maximum atomic E-state index is 11.6. The molecule has 0 radical (unpaired) electrons. The van der Waals surface area contributed by atoms with Crippen molar-refractivity contribution in [3.63, 3.8) is 0 Å². The van der Waals surface area contributed by atoms with Crippen LogP contribution in [-0.4, -0.2) is 20.7 Å². The maximum absolute atomic E-state index is 11.6. The monoisotopic (exact) mass is 285 g/mol. The van der Waals surface area contributed by atoms with Gasteiger partial charge in [-0.1, -0.05) is 29.8 Å². The molecule has 4 nitrogen and oxygen atoms in total. The molecule has 1 aromatic rings. The Bertz CT molecular complexity index is 368. The van der Waals surface area contributed by atoms with Gasteiger partial charge in [0.05, 0.1) is 17.1 Å². The van der Waals surface area contributed by atoms with E-state index in [-0.39, 0.29) is 16.7 Å². The molecular formula is C11H16BrN3O. The quantitative estimate of drug-likeness (QED) is 0.859. The van der Waals surface area contributed by atoms with E-state index in [9.17, 15) is 4.79 Å². The number of hydrogen-bond acceptors (Lipinski definition) is 3. The maximum Gasteiger partial charge on any atom is 0.234 e. The van der Waals surface area contributed by atoms with Crippen molar-refractivity contribution >= 4 is 21.8 Å². The van der Waals surface area contributed by atoms with Gasteiger partial charge in [-0.25, -0.2) is 9.97 Å². The average Bonchev–Trinajstić information content (AvgIpc) is 2.24. The van der Waals surface area contributed by atoms with Gasteiger partial charge in [0, 0.05) is 6.20 Å². The van der Waals surface area contributed by atoms with E-state index >= 15 is 0 Å². The highest BCUT2D eigenvalue weighted by atomic mass is 79.9. The van der Waals surface area contributed by atoms with E-state index in [1.165, 1.54) is 0 Å². The zero-order valence-electron chi connectivity index (χ0n) is 9.70. The van der Waals surface area contributed by atoms with Crippen LogP contribution in [0.1, 0.15) is 25.4 Å². The minimum atomic E-state index is -0.157. The number of alkyl halides is 1. The second-order valence-electron chi connectivity index (χ2n) is 3.96. The molecule has 1 atom stereocenters. The molecule has 0 saturated heterocycles. The van der Waals surface area contributed by atoms with Crippen LogP contribution < -0.4 is 5.32 Å². The lowest BCUT2D eigenvalue weighted by molar-refractivity contribution is -0.121. The van der Waals surface area contributed by atoms with Crippen molar-refractivity contribution in [2.45, 2.75) is 32.1 Å². The number of halogens is 1. The lowest BCUT2D eigenvalue weighted by atomic mass is 10.1. The van der Waals surface area contributed by atoms with Crippen LogP contribution in [0.2, 0.25) is 0 Å². The Morgan fingerprint density at radius 2 is 2.25 bits per heavy atom. The van der Waals surface area contributed by atoms with Crippen LogP contribution >= 0.6 is 15.9 Å². The van der Waals surface area contributed by atoms with E-state index in [1.807, 2.05) is 20.8 Å². The number of hydrogen-bond donors (Lipinski definition) is 1. The van der Waals surface area contributed by atoms with E-state index in [0.717, 1.165) is 5.69 Å². The van der Waals surface area contributed by atoms with E-state index < -0.39 is 0 Å². The van der Waals surface area contributed by atoms with Gasteiger partial charge in [-0.3, -0.25) is 4.79 Å². The van der Waals surface area contributed by atoms with Crippen molar-refractivity contribution in [1.29, 1.82) is 0 Å². The largest absolute Gasteiger partial charge is 0.349 e. The third-order valence-corrected chi connectivity index (χ3v) is 3.59. The molecule has 0 aliphatic carbocycles. The Hall–Kier alpha value is -0.970. The number of carbonyl (C=O) groups excluding carboxylic acids is 1. The third-order valence-electron chi connectivity index (χ3n) is 2.11. The first kappa shape index (κ1) is 13.1. The van der Waals surface area contributed by atoms with Gasteiger partial charge in [0.25, 0.3) is 0 Å². The van der Waals surface area contributed by atoms with Crippen molar-refractivity contribution in [3.8, 4) is 0 Å². The molecule has 1 N–H and O–H groups in total. The second kappa shape index (κ2) is 5.94. The van der Waals surface area contributed by atoms with E-state index in [0.29, 0.717) is 12.4 Å². The molecule has 16 heavy (non-hydrogen) atoms. The Morgan fingerprint density at radius 3 is 2.81 bits per heavy atom. The SMILES string of the molecule is Cc1nccc(CNC(=O)C(Br)C(C)C)n1. The number of nitrogens with one attached hydrogen (secondary N) is 1. The summed E-state index contributed by atoms with van der Waals surface area (Å²) in [5.41, 5.74) is 0.823. The van der Waals surface area contributed by atoms with Crippen LogP contribution in [0.15, 0.2) is 12.3 Å². The highest BCUT2D eigenvalue weighted by molar-refractivity contribution is 9.10. The van der Waals surface area contributed by atoms with Gasteiger partial charge < -0.3 is 5.32 Å². The van der Waals surface area contributed by atoms with Gasteiger partial charge in [-0.2, -0.15) is 0 Å². The number of carbonyl (C=O) groups is 1. The highest BCUT2D eigenvalue weighted by Gasteiger charge is 2.17. The fraction of sp³-hybridized carbons (Fsp3) is 0.545. The lowest BCUT2D eigenvalue weighted by Gasteiger charge is -2.13. The zero-order chi connectivity index (χ0) is 12.1. The number of nitrogens with zero attached hydrogens (tertiary/aromatic N) is 2. The molecule has 1 unspecified atom stereocenters. The molecule has 1 heterocycles. The summed E-state index contributed by atoms with van der Waals surface area (Å²) < 4.78 is 0. The number of rotatable bonds is 4. The fourth-order valence-corrected chi connectivity index (χ4v) is 1.34. The fourth-order valence-electron chi connectivity index (χ4n) is 1.18. The summed E-state index contributed by atoms with van der Waals surface area (Å²) in [6, 6.07) is 1.80. The molecule has 0 aliphatic heterocycles. The summed E-state index contributed by atoms with van der Waals surface area (Å²) in [5, 5.41) is 2.83. The number of amides is 1. The van der Waals surface area contributed by atoms with E-state index in [4.69, 9.17) is 0 Å². The third kappa shape index (κ3) is 3.89. The molecule has 0 aliphatic rings. The van der Waals surface area contributed by atoms with Crippen LogP contribution in [0, 0.1) is 12.8 Å². The van der Waals surface area contributed by atoms with Crippen LogP contribution in [0.5, 0.6) is 0 Å². The molecule has 5 heteroatoms. The van der Waals surface area contributed by atoms with Crippen LogP contribution in [0.25, 0.3) is 0 Å². The van der Waals surface area contributed by atoms with Gasteiger partial charge in [0.2, 0.25) is 5.91 Å². The first-order valence-corrected chi connectivity index (χ1v) is 6.12. The van der Waals surface area contributed by atoms with Crippen molar-refractivity contribution in [2.75, 3.05) is 0 Å². The van der Waals surface area contributed by atoms with Crippen LogP contribution in [0.3, 0.4) is 0 Å². The lowest BCUT2D eigenvalue weighted by Crippen LogP contribution is -2.33. The first-order chi connectivity index (χ1) is 7.50. The van der Waals surface area contributed by atoms with Crippen molar-refractivity contribution in [1.82, 2.24) is 15.3 Å². The van der Waals surface area contributed by atoms with Gasteiger partial charge in [0.15, 0.2) is 0 Å². The molecule has 1 rings (SSSR count). The normalized spacial score (nSPS) is 12.6. The van der Waals surface area contributed by atoms with Gasteiger partial charge >= 0.3 is 0 Å². The smallest absolute Gasteiger partial charge is 0.234 e. The summed E-state index contributed by atoms with van der Waals surface area (Å²) in [7, 11) is 0.